The van der Waals surface area contributed by atoms with E-state index in [0.29, 0.717) is 13.1 Å². The molecule has 0 spiro atoms. The predicted octanol–water partition coefficient (Wildman–Crippen LogP) is 4.14. The van der Waals surface area contributed by atoms with Crippen LogP contribution >= 0.6 is 11.6 Å². The summed E-state index contributed by atoms with van der Waals surface area (Å²) in [6, 6.07) is 18.0. The van der Waals surface area contributed by atoms with Gasteiger partial charge in [-0.3, -0.25) is 4.98 Å². The van der Waals surface area contributed by atoms with Gasteiger partial charge in [0.2, 0.25) is 0 Å². The largest absolute Gasteiger partial charge is 0.357 e. The number of rotatable bonds is 5. The molecule has 2 aromatic carbocycles. The Bertz CT molecular complexity index is 854. The van der Waals surface area contributed by atoms with Crippen LogP contribution in [0.25, 0.3) is 10.9 Å². The minimum Gasteiger partial charge on any atom is -0.357 e. The van der Waals surface area contributed by atoms with E-state index in [9.17, 15) is 0 Å². The topological polar surface area (TPSA) is 49.3 Å². The lowest BCUT2D eigenvalue weighted by Gasteiger charge is -2.12. The van der Waals surface area contributed by atoms with Crippen LogP contribution in [-0.4, -0.2) is 17.5 Å². The summed E-state index contributed by atoms with van der Waals surface area (Å²) in [4.78, 5) is 9.13. The first-order valence-electron chi connectivity index (χ1n) is 8.35. The standard InChI is InChI=1S/C20H21ClN4/c1-2-22-20(24-13-15-8-10-18(21)11-9-15)25-14-17-6-3-5-16-7-4-12-23-19(16)17/h3-12H,2,13-14H2,1H3,(H2,22,24,25). The number of hydrogen-bond acceptors (Lipinski definition) is 2. The average Bonchev–Trinajstić information content (AvgIpc) is 2.65. The van der Waals surface area contributed by atoms with E-state index in [1.165, 1.54) is 0 Å². The molecule has 25 heavy (non-hydrogen) atoms. The summed E-state index contributed by atoms with van der Waals surface area (Å²) in [6.45, 7) is 4.13. The van der Waals surface area contributed by atoms with Crippen molar-refractivity contribution in [1.29, 1.82) is 0 Å². The van der Waals surface area contributed by atoms with Gasteiger partial charge >= 0.3 is 0 Å². The average molecular weight is 353 g/mol. The summed E-state index contributed by atoms with van der Waals surface area (Å²) >= 11 is 5.92. The quantitative estimate of drug-likeness (QED) is 0.536. The first-order chi connectivity index (χ1) is 12.3. The number of fused-ring (bicyclic) bond motifs is 1. The number of para-hydroxylation sites is 1. The van der Waals surface area contributed by atoms with E-state index in [1.54, 1.807) is 0 Å². The third-order valence-corrected chi connectivity index (χ3v) is 4.09. The fourth-order valence-corrected chi connectivity index (χ4v) is 2.72. The summed E-state index contributed by atoms with van der Waals surface area (Å²) in [5.74, 6) is 0.783. The van der Waals surface area contributed by atoms with Gasteiger partial charge in [-0.05, 0) is 36.2 Å². The Morgan fingerprint density at radius 2 is 1.84 bits per heavy atom. The number of pyridine rings is 1. The molecule has 0 aliphatic carbocycles. The second-order valence-electron chi connectivity index (χ2n) is 5.67. The van der Waals surface area contributed by atoms with E-state index in [2.05, 4.69) is 51.8 Å². The summed E-state index contributed by atoms with van der Waals surface area (Å²) < 4.78 is 0. The number of hydrogen-bond donors (Lipinski definition) is 2. The van der Waals surface area contributed by atoms with Crippen LogP contribution in [0.4, 0.5) is 0 Å². The van der Waals surface area contributed by atoms with Gasteiger partial charge in [-0.25, -0.2) is 4.99 Å². The number of aromatic nitrogens is 1. The predicted molar refractivity (Wildman–Crippen MR) is 105 cm³/mol. The van der Waals surface area contributed by atoms with E-state index in [1.807, 2.05) is 36.5 Å². The lowest BCUT2D eigenvalue weighted by molar-refractivity contribution is 0.818. The Balaban J connectivity index is 1.70. The number of guanidine groups is 1. The molecule has 3 aromatic rings. The number of halogens is 1. The Morgan fingerprint density at radius 3 is 2.64 bits per heavy atom. The van der Waals surface area contributed by atoms with E-state index in [0.717, 1.165) is 39.6 Å². The number of nitrogens with zero attached hydrogens (tertiary/aromatic N) is 2. The summed E-state index contributed by atoms with van der Waals surface area (Å²) in [5, 5.41) is 8.54. The molecule has 3 rings (SSSR count). The van der Waals surface area contributed by atoms with Gasteiger partial charge in [0.15, 0.2) is 5.96 Å². The second-order valence-corrected chi connectivity index (χ2v) is 6.10. The lowest BCUT2D eigenvalue weighted by atomic mass is 10.1. The fourth-order valence-electron chi connectivity index (χ4n) is 2.59. The van der Waals surface area contributed by atoms with Crippen molar-refractivity contribution in [2.24, 2.45) is 4.99 Å². The van der Waals surface area contributed by atoms with E-state index >= 15 is 0 Å². The Hall–Kier alpha value is -2.59. The van der Waals surface area contributed by atoms with Crippen LogP contribution in [-0.2, 0) is 13.1 Å². The summed E-state index contributed by atoms with van der Waals surface area (Å²) in [7, 11) is 0. The molecule has 5 heteroatoms. The highest BCUT2D eigenvalue weighted by atomic mass is 35.5. The van der Waals surface area contributed by atoms with Crippen molar-refractivity contribution in [3.63, 3.8) is 0 Å². The zero-order chi connectivity index (χ0) is 17.5. The second kappa shape index (κ2) is 8.49. The number of nitrogens with one attached hydrogen (secondary N) is 2. The Morgan fingerprint density at radius 1 is 1.04 bits per heavy atom. The van der Waals surface area contributed by atoms with Crippen LogP contribution in [0, 0.1) is 0 Å². The van der Waals surface area contributed by atoms with Crippen LogP contribution in [0.1, 0.15) is 18.1 Å². The first-order valence-corrected chi connectivity index (χ1v) is 8.73. The van der Waals surface area contributed by atoms with Crippen molar-refractivity contribution in [3.05, 3.63) is 76.9 Å². The minimum absolute atomic E-state index is 0.598. The molecule has 0 amide bonds. The molecular formula is C20H21ClN4. The van der Waals surface area contributed by atoms with Crippen molar-refractivity contribution in [1.82, 2.24) is 15.6 Å². The maximum atomic E-state index is 5.92. The van der Waals surface area contributed by atoms with Crippen molar-refractivity contribution in [2.45, 2.75) is 20.0 Å². The summed E-state index contributed by atoms with van der Waals surface area (Å²) in [6.07, 6.45) is 1.83. The molecule has 0 atom stereocenters. The fraction of sp³-hybridized carbons (Fsp3) is 0.200. The molecule has 128 valence electrons. The minimum atomic E-state index is 0.598. The molecule has 0 saturated heterocycles. The number of benzene rings is 2. The first kappa shape index (κ1) is 17.2. The molecule has 0 aliphatic heterocycles. The molecule has 0 fully saturated rings. The van der Waals surface area contributed by atoms with Gasteiger partial charge in [0.1, 0.15) is 0 Å². The van der Waals surface area contributed by atoms with Crippen LogP contribution in [0.15, 0.2) is 65.8 Å². The van der Waals surface area contributed by atoms with Gasteiger partial charge in [0.05, 0.1) is 12.1 Å². The van der Waals surface area contributed by atoms with E-state index in [-0.39, 0.29) is 0 Å². The van der Waals surface area contributed by atoms with Gasteiger partial charge in [-0.2, -0.15) is 0 Å². The monoisotopic (exact) mass is 352 g/mol. The van der Waals surface area contributed by atoms with Crippen LogP contribution in [0.3, 0.4) is 0 Å². The molecule has 2 N–H and O–H groups in total. The van der Waals surface area contributed by atoms with Crippen LogP contribution in [0.2, 0.25) is 5.02 Å². The van der Waals surface area contributed by atoms with Crippen molar-refractivity contribution < 1.29 is 0 Å². The molecule has 0 aliphatic rings. The third-order valence-electron chi connectivity index (χ3n) is 3.84. The Kier molecular flexibility index (Phi) is 5.86. The van der Waals surface area contributed by atoms with Crippen LogP contribution < -0.4 is 10.6 Å². The molecule has 0 radical (unpaired) electrons. The van der Waals surface area contributed by atoms with Gasteiger partial charge in [0.25, 0.3) is 0 Å². The normalized spacial score (nSPS) is 11.5. The molecule has 1 heterocycles. The molecule has 0 saturated carbocycles. The number of aliphatic imine (C=N–C) groups is 1. The maximum Gasteiger partial charge on any atom is 0.191 e. The SMILES string of the molecule is CCNC(=NCc1ccc(Cl)cc1)NCc1cccc2cccnc12. The van der Waals surface area contributed by atoms with Crippen molar-refractivity contribution >= 4 is 28.5 Å². The molecule has 0 unspecified atom stereocenters. The van der Waals surface area contributed by atoms with Crippen LogP contribution in [0.5, 0.6) is 0 Å². The van der Waals surface area contributed by atoms with Crippen molar-refractivity contribution in [2.75, 3.05) is 6.54 Å². The molecule has 0 bridgehead atoms. The lowest BCUT2D eigenvalue weighted by Crippen LogP contribution is -2.36. The van der Waals surface area contributed by atoms with Gasteiger partial charge in [-0.15, -0.1) is 0 Å². The maximum absolute atomic E-state index is 5.92. The molecule has 1 aromatic heterocycles. The summed E-state index contributed by atoms with van der Waals surface area (Å²) in [5.41, 5.74) is 3.29. The highest BCUT2D eigenvalue weighted by molar-refractivity contribution is 6.30. The van der Waals surface area contributed by atoms with Gasteiger partial charge < -0.3 is 10.6 Å². The molecule has 4 nitrogen and oxygen atoms in total. The van der Waals surface area contributed by atoms with Crippen molar-refractivity contribution in [3.8, 4) is 0 Å². The zero-order valence-electron chi connectivity index (χ0n) is 14.2. The molecular weight excluding hydrogens is 332 g/mol. The van der Waals surface area contributed by atoms with Gasteiger partial charge in [0, 0.05) is 29.7 Å². The third kappa shape index (κ3) is 4.70. The zero-order valence-corrected chi connectivity index (χ0v) is 14.9. The highest BCUT2D eigenvalue weighted by Crippen LogP contribution is 2.15. The Labute approximate surface area is 153 Å². The van der Waals surface area contributed by atoms with E-state index in [4.69, 9.17) is 11.6 Å². The van der Waals surface area contributed by atoms with E-state index < -0.39 is 0 Å². The smallest absolute Gasteiger partial charge is 0.191 e. The highest BCUT2D eigenvalue weighted by Gasteiger charge is 2.03. The van der Waals surface area contributed by atoms with Gasteiger partial charge in [-0.1, -0.05) is 48.0 Å².